The highest BCUT2D eigenvalue weighted by molar-refractivity contribution is 4.71. The molecule has 0 aliphatic heterocycles. The predicted octanol–water partition coefficient (Wildman–Crippen LogP) is 1.55. The molecule has 0 heterocycles. The summed E-state index contributed by atoms with van der Waals surface area (Å²) in [5, 5.41) is 18.8. The lowest BCUT2D eigenvalue weighted by atomic mass is 9.91. The molecule has 3 unspecified atom stereocenters. The highest BCUT2D eigenvalue weighted by atomic mass is 16.3. The van der Waals surface area contributed by atoms with Crippen molar-refractivity contribution in [3.63, 3.8) is 0 Å². The van der Waals surface area contributed by atoms with E-state index in [0.717, 1.165) is 19.3 Å². The molecule has 0 saturated carbocycles. The third-order valence-electron chi connectivity index (χ3n) is 2.17. The van der Waals surface area contributed by atoms with Crippen molar-refractivity contribution >= 4 is 0 Å². The molecule has 0 fully saturated rings. The Bertz CT molecular complexity index is 91.6. The SMILES string of the molecule is CCCC(O)C(CC)C(C)O. The molecule has 0 saturated heterocycles. The van der Waals surface area contributed by atoms with E-state index < -0.39 is 0 Å². The van der Waals surface area contributed by atoms with E-state index in [1.54, 1.807) is 6.92 Å². The minimum atomic E-state index is -0.387. The monoisotopic (exact) mass is 160 g/mol. The van der Waals surface area contributed by atoms with E-state index in [-0.39, 0.29) is 18.1 Å². The Morgan fingerprint density at radius 2 is 1.73 bits per heavy atom. The molecule has 0 rings (SSSR count). The first-order chi connectivity index (χ1) is 5.13. The fraction of sp³-hybridized carbons (Fsp3) is 1.00. The molecule has 68 valence electrons. The summed E-state index contributed by atoms with van der Waals surface area (Å²) in [6.07, 6.45) is 1.90. The van der Waals surface area contributed by atoms with Crippen molar-refractivity contribution in [1.82, 2.24) is 0 Å². The summed E-state index contributed by atoms with van der Waals surface area (Å²) >= 11 is 0. The maximum absolute atomic E-state index is 9.52. The Hall–Kier alpha value is -0.0800. The average Bonchev–Trinajstić information content (AvgIpc) is 1.88. The molecule has 11 heavy (non-hydrogen) atoms. The van der Waals surface area contributed by atoms with Gasteiger partial charge in [-0.25, -0.2) is 0 Å². The molecule has 0 aromatic rings. The van der Waals surface area contributed by atoms with Gasteiger partial charge in [0.05, 0.1) is 12.2 Å². The largest absolute Gasteiger partial charge is 0.393 e. The van der Waals surface area contributed by atoms with Crippen LogP contribution in [0.4, 0.5) is 0 Å². The Morgan fingerprint density at radius 3 is 2.00 bits per heavy atom. The Balaban J connectivity index is 3.81. The van der Waals surface area contributed by atoms with Crippen LogP contribution in [0.5, 0.6) is 0 Å². The highest BCUT2D eigenvalue weighted by Gasteiger charge is 2.20. The van der Waals surface area contributed by atoms with Crippen LogP contribution in [0.25, 0.3) is 0 Å². The summed E-state index contributed by atoms with van der Waals surface area (Å²) in [4.78, 5) is 0. The molecule has 0 spiro atoms. The number of aliphatic hydroxyl groups is 2. The van der Waals surface area contributed by atoms with Crippen LogP contribution in [0.15, 0.2) is 0 Å². The molecule has 0 aromatic carbocycles. The molecular formula is C9H20O2. The first-order valence-electron chi connectivity index (χ1n) is 4.49. The minimum absolute atomic E-state index is 0.0509. The summed E-state index contributed by atoms with van der Waals surface area (Å²) in [5.41, 5.74) is 0. The summed E-state index contributed by atoms with van der Waals surface area (Å²) in [7, 11) is 0. The van der Waals surface area contributed by atoms with Crippen molar-refractivity contribution in [2.75, 3.05) is 0 Å². The topological polar surface area (TPSA) is 40.5 Å². The van der Waals surface area contributed by atoms with Crippen molar-refractivity contribution < 1.29 is 10.2 Å². The number of hydrogen-bond acceptors (Lipinski definition) is 2. The van der Waals surface area contributed by atoms with Gasteiger partial charge in [-0.2, -0.15) is 0 Å². The molecule has 2 N–H and O–H groups in total. The molecule has 3 atom stereocenters. The van der Waals surface area contributed by atoms with Gasteiger partial charge in [-0.1, -0.05) is 20.3 Å². The van der Waals surface area contributed by atoms with Crippen molar-refractivity contribution in [3.05, 3.63) is 0 Å². The fourth-order valence-corrected chi connectivity index (χ4v) is 1.44. The zero-order valence-electron chi connectivity index (χ0n) is 7.75. The van der Waals surface area contributed by atoms with Crippen LogP contribution in [0.1, 0.15) is 40.0 Å². The molecule has 0 aliphatic rings. The van der Waals surface area contributed by atoms with Crippen LogP contribution in [0.3, 0.4) is 0 Å². The van der Waals surface area contributed by atoms with Gasteiger partial charge in [0.15, 0.2) is 0 Å². The van der Waals surface area contributed by atoms with Gasteiger partial charge in [-0.3, -0.25) is 0 Å². The highest BCUT2D eigenvalue weighted by Crippen LogP contribution is 2.17. The molecule has 2 heteroatoms. The fourth-order valence-electron chi connectivity index (χ4n) is 1.44. The molecule has 0 radical (unpaired) electrons. The number of hydrogen-bond donors (Lipinski definition) is 2. The normalized spacial score (nSPS) is 19.4. The molecule has 0 bridgehead atoms. The third-order valence-corrected chi connectivity index (χ3v) is 2.17. The lowest BCUT2D eigenvalue weighted by Gasteiger charge is -2.23. The minimum Gasteiger partial charge on any atom is -0.393 e. The average molecular weight is 160 g/mol. The quantitative estimate of drug-likeness (QED) is 0.640. The second-order valence-electron chi connectivity index (χ2n) is 3.17. The first kappa shape index (κ1) is 10.9. The Labute approximate surface area is 69.2 Å². The maximum atomic E-state index is 9.52. The smallest absolute Gasteiger partial charge is 0.0592 e. The van der Waals surface area contributed by atoms with Crippen LogP contribution in [-0.4, -0.2) is 22.4 Å². The van der Waals surface area contributed by atoms with E-state index in [2.05, 4.69) is 0 Å². The van der Waals surface area contributed by atoms with Crippen LogP contribution in [0.2, 0.25) is 0 Å². The lowest BCUT2D eigenvalue weighted by Crippen LogP contribution is -2.29. The van der Waals surface area contributed by atoms with E-state index in [1.807, 2.05) is 13.8 Å². The van der Waals surface area contributed by atoms with Crippen LogP contribution < -0.4 is 0 Å². The third kappa shape index (κ3) is 3.73. The zero-order chi connectivity index (χ0) is 8.85. The van der Waals surface area contributed by atoms with E-state index in [9.17, 15) is 10.2 Å². The van der Waals surface area contributed by atoms with E-state index in [4.69, 9.17) is 0 Å². The summed E-state index contributed by atoms with van der Waals surface area (Å²) in [5.74, 6) is 0.0509. The molecule has 0 amide bonds. The summed E-state index contributed by atoms with van der Waals surface area (Å²) in [6, 6.07) is 0. The van der Waals surface area contributed by atoms with Gasteiger partial charge in [0.1, 0.15) is 0 Å². The maximum Gasteiger partial charge on any atom is 0.0592 e. The van der Waals surface area contributed by atoms with Gasteiger partial charge in [-0.05, 0) is 19.8 Å². The van der Waals surface area contributed by atoms with Gasteiger partial charge in [-0.15, -0.1) is 0 Å². The van der Waals surface area contributed by atoms with Gasteiger partial charge in [0.2, 0.25) is 0 Å². The van der Waals surface area contributed by atoms with Crippen molar-refractivity contribution in [2.45, 2.75) is 52.2 Å². The first-order valence-corrected chi connectivity index (χ1v) is 4.49. The van der Waals surface area contributed by atoms with Gasteiger partial charge in [0, 0.05) is 5.92 Å². The van der Waals surface area contributed by atoms with Crippen LogP contribution >= 0.6 is 0 Å². The molecular weight excluding hydrogens is 140 g/mol. The second kappa shape index (κ2) is 5.56. The Kier molecular flexibility index (Phi) is 5.51. The second-order valence-corrected chi connectivity index (χ2v) is 3.17. The van der Waals surface area contributed by atoms with E-state index in [0.29, 0.717) is 0 Å². The number of rotatable bonds is 5. The van der Waals surface area contributed by atoms with Gasteiger partial charge in [0.25, 0.3) is 0 Å². The van der Waals surface area contributed by atoms with Crippen molar-refractivity contribution in [3.8, 4) is 0 Å². The van der Waals surface area contributed by atoms with Gasteiger partial charge >= 0.3 is 0 Å². The molecule has 0 aromatic heterocycles. The van der Waals surface area contributed by atoms with E-state index >= 15 is 0 Å². The standard InChI is InChI=1S/C9H20O2/c1-4-6-9(11)8(5-2)7(3)10/h7-11H,4-6H2,1-3H3. The summed E-state index contributed by atoms with van der Waals surface area (Å²) in [6.45, 7) is 5.78. The van der Waals surface area contributed by atoms with Crippen LogP contribution in [0, 0.1) is 5.92 Å². The predicted molar refractivity (Wildman–Crippen MR) is 46.4 cm³/mol. The number of aliphatic hydroxyl groups excluding tert-OH is 2. The van der Waals surface area contributed by atoms with E-state index in [1.165, 1.54) is 0 Å². The molecule has 2 nitrogen and oxygen atoms in total. The van der Waals surface area contributed by atoms with Crippen LogP contribution in [-0.2, 0) is 0 Å². The van der Waals surface area contributed by atoms with Gasteiger partial charge < -0.3 is 10.2 Å². The zero-order valence-corrected chi connectivity index (χ0v) is 7.75. The molecule has 0 aliphatic carbocycles. The summed E-state index contributed by atoms with van der Waals surface area (Å²) < 4.78 is 0. The lowest BCUT2D eigenvalue weighted by molar-refractivity contribution is 0.0151. The Morgan fingerprint density at radius 1 is 1.18 bits per heavy atom. The van der Waals surface area contributed by atoms with Crippen molar-refractivity contribution in [2.24, 2.45) is 5.92 Å². The van der Waals surface area contributed by atoms with Crippen molar-refractivity contribution in [1.29, 1.82) is 0 Å².